The lowest BCUT2D eigenvalue weighted by Gasteiger charge is -2.29. The first kappa shape index (κ1) is 22.2. The molecule has 2 rings (SSSR count). The van der Waals surface area contributed by atoms with Gasteiger partial charge in [0.1, 0.15) is 11.5 Å². The van der Waals surface area contributed by atoms with Crippen molar-refractivity contribution in [2.45, 2.75) is 45.5 Å². The molecule has 2 atom stereocenters. The number of rotatable bonds is 10. The van der Waals surface area contributed by atoms with E-state index in [9.17, 15) is 8.42 Å². The van der Waals surface area contributed by atoms with Gasteiger partial charge in [-0.2, -0.15) is 4.31 Å². The number of benzene rings is 2. The van der Waals surface area contributed by atoms with Crippen molar-refractivity contribution in [3.8, 4) is 11.5 Å². The molecule has 0 aromatic heterocycles. The van der Waals surface area contributed by atoms with Crippen LogP contribution in [0.25, 0.3) is 0 Å². The molecule has 0 amide bonds. The molecule has 2 aromatic rings. The van der Waals surface area contributed by atoms with E-state index >= 15 is 0 Å². The minimum absolute atomic E-state index is 0.0826. The Kier molecular flexibility index (Phi) is 7.89. The molecule has 0 heterocycles. The number of hydrogen-bond donors (Lipinski definition) is 0. The molecule has 5 nitrogen and oxygen atoms in total. The van der Waals surface area contributed by atoms with Gasteiger partial charge in [-0.1, -0.05) is 44.5 Å². The van der Waals surface area contributed by atoms with Crippen molar-refractivity contribution < 1.29 is 17.9 Å². The van der Waals surface area contributed by atoms with Crippen LogP contribution in [0, 0.1) is 5.92 Å². The molecule has 0 aliphatic rings. The molecule has 2 aromatic carbocycles. The van der Waals surface area contributed by atoms with E-state index < -0.39 is 15.3 Å². The van der Waals surface area contributed by atoms with Crippen LogP contribution in [0.3, 0.4) is 0 Å². The molecule has 0 saturated carbocycles. The molecule has 0 saturated heterocycles. The minimum Gasteiger partial charge on any atom is -0.497 e. The average molecular weight is 406 g/mol. The van der Waals surface area contributed by atoms with Crippen LogP contribution in [-0.2, 0) is 23.1 Å². The van der Waals surface area contributed by atoms with Crippen molar-refractivity contribution in [2.24, 2.45) is 5.92 Å². The second kappa shape index (κ2) is 9.94. The van der Waals surface area contributed by atoms with Crippen molar-refractivity contribution in [2.75, 3.05) is 14.2 Å². The topological polar surface area (TPSA) is 55.8 Å². The molecule has 6 heteroatoms. The summed E-state index contributed by atoms with van der Waals surface area (Å²) in [6, 6.07) is 15.0. The van der Waals surface area contributed by atoms with Crippen molar-refractivity contribution in [3.05, 3.63) is 59.7 Å². The molecule has 154 valence electrons. The van der Waals surface area contributed by atoms with Crippen LogP contribution >= 0.6 is 0 Å². The molecule has 28 heavy (non-hydrogen) atoms. The fourth-order valence-corrected chi connectivity index (χ4v) is 4.87. The van der Waals surface area contributed by atoms with Crippen molar-refractivity contribution in [3.63, 3.8) is 0 Å². The van der Waals surface area contributed by atoms with Crippen molar-refractivity contribution >= 4 is 10.0 Å². The molecule has 0 aliphatic heterocycles. The van der Waals surface area contributed by atoms with Crippen LogP contribution in [0.4, 0.5) is 0 Å². The zero-order valence-electron chi connectivity index (χ0n) is 17.4. The number of hydrogen-bond acceptors (Lipinski definition) is 4. The summed E-state index contributed by atoms with van der Waals surface area (Å²) in [5, 5.41) is -0.450. The maximum Gasteiger partial charge on any atom is 0.217 e. The molecule has 0 spiro atoms. The molecule has 0 bridgehead atoms. The van der Waals surface area contributed by atoms with E-state index in [1.165, 1.54) is 0 Å². The predicted octanol–water partition coefficient (Wildman–Crippen LogP) is 4.47. The smallest absolute Gasteiger partial charge is 0.217 e. The third-order valence-electron chi connectivity index (χ3n) is 5.31. The molecule has 0 fully saturated rings. The fraction of sp³-hybridized carbons (Fsp3) is 0.455. The highest BCUT2D eigenvalue weighted by Gasteiger charge is 2.32. The SMILES string of the molecule is CC[C@@H](C)[C@H](C)S(=O)(=O)N(Cc1ccc(OC)cc1)Cc1ccc(OC)cc1. The highest BCUT2D eigenvalue weighted by molar-refractivity contribution is 7.89. The normalized spacial score (nSPS) is 13.9. The quantitative estimate of drug-likeness (QED) is 0.585. The third kappa shape index (κ3) is 5.49. The van der Waals surface area contributed by atoms with Crippen LogP contribution in [0.1, 0.15) is 38.3 Å². The second-order valence-electron chi connectivity index (χ2n) is 7.10. The lowest BCUT2D eigenvalue weighted by atomic mass is 10.1. The Morgan fingerprint density at radius 2 is 1.21 bits per heavy atom. The maximum atomic E-state index is 13.4. The van der Waals surface area contributed by atoms with E-state index in [1.54, 1.807) is 25.4 Å². The zero-order valence-corrected chi connectivity index (χ0v) is 18.2. The second-order valence-corrected chi connectivity index (χ2v) is 9.39. The summed E-state index contributed by atoms with van der Waals surface area (Å²) in [6.45, 7) is 6.45. The van der Waals surface area contributed by atoms with Crippen LogP contribution in [0.5, 0.6) is 11.5 Å². The monoisotopic (exact) mass is 405 g/mol. The summed E-state index contributed by atoms with van der Waals surface area (Å²) in [5.74, 6) is 1.59. The lowest BCUT2D eigenvalue weighted by molar-refractivity contribution is 0.379. The Morgan fingerprint density at radius 3 is 1.54 bits per heavy atom. The Labute approximate surface area is 169 Å². The first-order valence-electron chi connectivity index (χ1n) is 9.56. The van der Waals surface area contributed by atoms with Gasteiger partial charge in [0.15, 0.2) is 0 Å². The van der Waals surface area contributed by atoms with Crippen LogP contribution in [0.15, 0.2) is 48.5 Å². The highest BCUT2D eigenvalue weighted by atomic mass is 32.2. The van der Waals surface area contributed by atoms with Gasteiger partial charge in [-0.05, 0) is 48.2 Å². The van der Waals surface area contributed by atoms with Gasteiger partial charge >= 0.3 is 0 Å². The first-order valence-corrected chi connectivity index (χ1v) is 11.1. The Bertz CT molecular complexity index is 782. The van der Waals surface area contributed by atoms with Crippen LogP contribution in [-0.4, -0.2) is 32.2 Å². The number of ether oxygens (including phenoxy) is 2. The molecule has 0 radical (unpaired) electrons. The Morgan fingerprint density at radius 1 is 0.821 bits per heavy atom. The molecule has 0 aliphatic carbocycles. The summed E-state index contributed by atoms with van der Waals surface area (Å²) >= 11 is 0. The van der Waals surface area contributed by atoms with Gasteiger partial charge in [-0.3, -0.25) is 0 Å². The first-order chi connectivity index (χ1) is 13.3. The van der Waals surface area contributed by atoms with Gasteiger partial charge in [-0.25, -0.2) is 8.42 Å². The van der Waals surface area contributed by atoms with Gasteiger partial charge in [0.25, 0.3) is 0 Å². The lowest BCUT2D eigenvalue weighted by Crippen LogP contribution is -2.39. The van der Waals surface area contributed by atoms with E-state index in [4.69, 9.17) is 9.47 Å². The van der Waals surface area contributed by atoms with Gasteiger partial charge in [0.2, 0.25) is 10.0 Å². The molecule has 0 N–H and O–H groups in total. The molecular formula is C22H31NO4S. The van der Waals surface area contributed by atoms with E-state index in [0.717, 1.165) is 29.0 Å². The van der Waals surface area contributed by atoms with E-state index in [0.29, 0.717) is 13.1 Å². The van der Waals surface area contributed by atoms with E-state index in [2.05, 4.69) is 0 Å². The largest absolute Gasteiger partial charge is 0.497 e. The third-order valence-corrected chi connectivity index (χ3v) is 7.69. The summed E-state index contributed by atoms with van der Waals surface area (Å²) in [7, 11) is -0.241. The number of sulfonamides is 1. The Hall–Kier alpha value is -2.05. The van der Waals surface area contributed by atoms with E-state index in [-0.39, 0.29) is 5.92 Å². The summed E-state index contributed by atoms with van der Waals surface area (Å²) in [5.41, 5.74) is 1.85. The summed E-state index contributed by atoms with van der Waals surface area (Å²) < 4.78 is 38.7. The van der Waals surface area contributed by atoms with Crippen LogP contribution < -0.4 is 9.47 Å². The fourth-order valence-electron chi connectivity index (χ4n) is 2.97. The zero-order chi connectivity index (χ0) is 20.7. The summed E-state index contributed by atoms with van der Waals surface area (Å²) in [6.07, 6.45) is 0.819. The average Bonchev–Trinajstić information content (AvgIpc) is 2.73. The molecular weight excluding hydrogens is 374 g/mol. The predicted molar refractivity (Wildman–Crippen MR) is 113 cm³/mol. The van der Waals surface area contributed by atoms with Gasteiger partial charge in [-0.15, -0.1) is 0 Å². The number of nitrogens with zero attached hydrogens (tertiary/aromatic N) is 1. The number of methoxy groups -OCH3 is 2. The van der Waals surface area contributed by atoms with Gasteiger partial charge < -0.3 is 9.47 Å². The standard InChI is InChI=1S/C22H31NO4S/c1-6-17(2)18(3)28(24,25)23(15-19-7-11-21(26-4)12-8-19)16-20-9-13-22(27-5)14-10-20/h7-14,17-18H,6,15-16H2,1-5H3/t17-,18+/m1/s1. The van der Waals surface area contributed by atoms with Crippen molar-refractivity contribution in [1.82, 2.24) is 4.31 Å². The summed E-state index contributed by atoms with van der Waals surface area (Å²) in [4.78, 5) is 0. The van der Waals surface area contributed by atoms with Gasteiger partial charge in [0.05, 0.1) is 19.5 Å². The molecule has 0 unspecified atom stereocenters. The maximum absolute atomic E-state index is 13.4. The highest BCUT2D eigenvalue weighted by Crippen LogP contribution is 2.24. The minimum atomic E-state index is -3.47. The van der Waals surface area contributed by atoms with E-state index in [1.807, 2.05) is 62.4 Å². The van der Waals surface area contributed by atoms with Crippen molar-refractivity contribution in [1.29, 1.82) is 0 Å². The van der Waals surface area contributed by atoms with Crippen LogP contribution in [0.2, 0.25) is 0 Å². The van der Waals surface area contributed by atoms with Gasteiger partial charge in [0, 0.05) is 13.1 Å². The Balaban J connectivity index is 2.32.